The topological polar surface area (TPSA) is 263 Å². The fraction of sp³-hybridized carbons (Fsp3) is 0.595. The highest BCUT2D eigenvalue weighted by molar-refractivity contribution is 7.91. The number of likely N-dealkylation sites (N-methyl/N-ethyl adjacent to an activating group) is 1. The monoisotopic (exact) mass is 1420 g/mol. The van der Waals surface area contributed by atoms with Gasteiger partial charge in [0.05, 0.1) is 133 Å². The molecule has 1 aromatic heterocycles. The number of piperazine rings is 1. The smallest absolute Gasteiger partial charge is 0.246 e. The van der Waals surface area contributed by atoms with E-state index in [0.717, 1.165) is 108 Å². The quantitative estimate of drug-likeness (QED) is 0.0334. The highest BCUT2D eigenvalue weighted by atomic mass is 32.2. The van der Waals surface area contributed by atoms with Crippen LogP contribution in [0.15, 0.2) is 79.0 Å². The van der Waals surface area contributed by atoms with Gasteiger partial charge in [0, 0.05) is 88.2 Å². The molecule has 4 N–H and O–H groups in total. The molecule has 0 bridgehead atoms. The molecule has 24 nitrogen and oxygen atoms in total. The number of carbonyl (C=O) groups is 4. The van der Waals surface area contributed by atoms with Gasteiger partial charge in [-0.05, 0) is 118 Å². The molecule has 5 aromatic rings. The van der Waals surface area contributed by atoms with Crippen LogP contribution in [-0.4, -0.2) is 256 Å². The van der Waals surface area contributed by atoms with Gasteiger partial charge in [0.2, 0.25) is 23.6 Å². The summed E-state index contributed by atoms with van der Waals surface area (Å²) in [5, 5.41) is 12.3. The van der Waals surface area contributed by atoms with Gasteiger partial charge >= 0.3 is 0 Å². The Morgan fingerprint density at radius 1 is 0.673 bits per heavy atom. The first-order chi connectivity index (χ1) is 49.1. The lowest BCUT2D eigenvalue weighted by atomic mass is 9.83. The van der Waals surface area contributed by atoms with E-state index < -0.39 is 45.6 Å². The van der Waals surface area contributed by atoms with Gasteiger partial charge in [-0.25, -0.2) is 22.2 Å². The van der Waals surface area contributed by atoms with Crippen LogP contribution in [0.1, 0.15) is 87.4 Å². The van der Waals surface area contributed by atoms with E-state index in [1.54, 1.807) is 55.3 Å². The number of likely N-dealkylation sites (tertiary alicyclic amines) is 1. The highest BCUT2D eigenvalue weighted by Gasteiger charge is 2.45. The van der Waals surface area contributed by atoms with Gasteiger partial charge in [-0.15, -0.1) is 0 Å². The van der Waals surface area contributed by atoms with Gasteiger partial charge in [-0.1, -0.05) is 55.7 Å². The average Bonchev–Trinajstić information content (AvgIpc) is 1.63. The molecule has 10 rings (SSSR count). The summed E-state index contributed by atoms with van der Waals surface area (Å²) in [6, 6.07) is 18.8. The van der Waals surface area contributed by atoms with Gasteiger partial charge in [0.15, 0.2) is 21.3 Å². The summed E-state index contributed by atoms with van der Waals surface area (Å²) >= 11 is 0. The fourth-order valence-corrected chi connectivity index (χ4v) is 15.1. The molecule has 1 saturated carbocycles. The number of carbonyl (C=O) groups excluding carboxylic acids is 4. The van der Waals surface area contributed by atoms with Crippen LogP contribution in [-0.2, 0) is 70.4 Å². The molecule has 4 heterocycles. The Morgan fingerprint density at radius 3 is 2.00 bits per heavy atom. The van der Waals surface area contributed by atoms with Gasteiger partial charge in [0.1, 0.15) is 30.3 Å². The number of methoxy groups -OCH3 is 1. The fourth-order valence-electron chi connectivity index (χ4n) is 13.9. The molecule has 3 aliphatic heterocycles. The number of halogens is 2. The summed E-state index contributed by atoms with van der Waals surface area (Å²) in [7, 11) is 0.158. The van der Waals surface area contributed by atoms with E-state index in [4.69, 9.17) is 42.9 Å². The van der Waals surface area contributed by atoms with E-state index in [9.17, 15) is 27.6 Å². The van der Waals surface area contributed by atoms with Crippen molar-refractivity contribution in [3.8, 4) is 33.9 Å². The summed E-state index contributed by atoms with van der Waals surface area (Å²) in [5.74, 6) is -1.59. The van der Waals surface area contributed by atoms with E-state index in [1.165, 1.54) is 17.7 Å². The Kier molecular flexibility index (Phi) is 29.7. The number of hydrogen-bond acceptors (Lipinski definition) is 20. The minimum atomic E-state index is -3.13. The van der Waals surface area contributed by atoms with Crippen LogP contribution in [0.3, 0.4) is 0 Å². The normalized spacial score (nSPS) is 19.7. The second-order valence-corrected chi connectivity index (χ2v) is 29.0. The first-order valence-corrected chi connectivity index (χ1v) is 37.8. The van der Waals surface area contributed by atoms with Crippen molar-refractivity contribution in [3.05, 3.63) is 107 Å². The zero-order valence-corrected chi connectivity index (χ0v) is 59.6. The summed E-state index contributed by atoms with van der Waals surface area (Å²) in [6.07, 6.45) is 10.0. The van der Waals surface area contributed by atoms with Crippen LogP contribution in [0.5, 0.6) is 11.5 Å². The number of aromatic nitrogens is 2. The lowest BCUT2D eigenvalue weighted by Gasteiger charge is -2.35. The Balaban J connectivity index is 0.530. The van der Waals surface area contributed by atoms with Crippen molar-refractivity contribution in [1.82, 2.24) is 50.8 Å². The maximum atomic E-state index is 15.6. The molecule has 4 aromatic carbocycles. The van der Waals surface area contributed by atoms with Crippen LogP contribution in [0.25, 0.3) is 33.4 Å². The Labute approximate surface area is 592 Å². The number of sulfone groups is 1. The third-order valence-electron chi connectivity index (χ3n) is 19.7. The minimum Gasteiger partial charge on any atom is -0.493 e. The number of benzene rings is 4. The molecule has 3 saturated heterocycles. The summed E-state index contributed by atoms with van der Waals surface area (Å²) in [6.45, 7) is 12.6. The van der Waals surface area contributed by atoms with Crippen LogP contribution in [0.2, 0.25) is 0 Å². The van der Waals surface area contributed by atoms with Gasteiger partial charge in [-0.3, -0.25) is 34.0 Å². The molecule has 4 amide bonds. The number of rotatable bonds is 38. The first-order valence-electron chi connectivity index (χ1n) is 36.0. The molecule has 0 radical (unpaired) electrons. The van der Waals surface area contributed by atoms with Crippen molar-refractivity contribution in [2.24, 2.45) is 5.92 Å². The van der Waals surface area contributed by atoms with Crippen LogP contribution in [0.4, 0.5) is 8.78 Å². The summed E-state index contributed by atoms with van der Waals surface area (Å²) in [5.41, 5.74) is 5.36. The zero-order valence-electron chi connectivity index (χ0n) is 58.8. The molecular weight excluding hydrogens is 1320 g/mol. The van der Waals surface area contributed by atoms with E-state index >= 15 is 8.78 Å². The van der Waals surface area contributed by atoms with Crippen molar-refractivity contribution in [2.75, 3.05) is 170 Å². The number of hydrogen-bond donors (Lipinski definition) is 4. The molecule has 0 spiro atoms. The molecule has 5 atom stereocenters. The predicted molar refractivity (Wildman–Crippen MR) is 378 cm³/mol. The molecule has 101 heavy (non-hydrogen) atoms. The van der Waals surface area contributed by atoms with Crippen molar-refractivity contribution in [3.63, 3.8) is 0 Å². The summed E-state index contributed by atoms with van der Waals surface area (Å²) in [4.78, 5) is 73.1. The van der Waals surface area contributed by atoms with Crippen molar-refractivity contribution in [1.29, 1.82) is 0 Å². The van der Waals surface area contributed by atoms with Crippen LogP contribution in [0, 0.1) is 17.6 Å². The van der Waals surface area contributed by atoms with E-state index in [1.807, 2.05) is 30.3 Å². The van der Waals surface area contributed by atoms with E-state index in [0.29, 0.717) is 105 Å². The maximum Gasteiger partial charge on any atom is 0.246 e. The highest BCUT2D eigenvalue weighted by Crippen LogP contribution is 2.36. The number of fused-ring (bicyclic) bond motifs is 2. The lowest BCUT2D eigenvalue weighted by Crippen LogP contribution is -2.58. The third-order valence-corrected chi connectivity index (χ3v) is 21.3. The molecule has 27 heteroatoms. The van der Waals surface area contributed by atoms with E-state index in [2.05, 4.69) is 48.2 Å². The standard InChI is InChI=1S/C74H102F2N10O14S/c1-52(77-2)72(88)82-70(54-13-5-4-6-14-54)74(90)86-49-57(47-66(86)73(89)81-63-18-9-15-53-12-7-8-16-58(53)63)79-69(87)51-99-41-40-98-39-38-97-37-36-96-35-34-95-33-32-94-31-27-84-25-23-83(24-26-84)22-11-30-100-67-21-20-55(46-68(67)93-3)65-48-78-64-19-10-17-59(71(64)80-65)56-44-61(75)60(62(76)45-56)50-85-28-42-101(91,92)43-29-85/h7-8,10,12,16-17,19-21,44-46,48,52,54,57,63,66,70,77H,4-6,9,11,13-15,18,22-43,47,49-51H2,1-3H3,(H,79,87)(H,81,89)(H,82,88)/t52-,57-,63+,66-,70-/m0/s1. The van der Waals surface area contributed by atoms with Gasteiger partial charge < -0.3 is 69.0 Å². The number of ether oxygens (including phenoxy) is 8. The predicted octanol–water partition coefficient (Wildman–Crippen LogP) is 5.92. The molecule has 5 aliphatic rings. The zero-order chi connectivity index (χ0) is 70.9. The van der Waals surface area contributed by atoms with Crippen molar-refractivity contribution >= 4 is 44.5 Å². The Bertz CT molecular complexity index is 3590. The average molecular weight is 1430 g/mol. The number of para-hydroxylation sites is 1. The second kappa shape index (κ2) is 39.1. The molecule has 4 fully saturated rings. The number of nitrogens with zero attached hydrogens (tertiary/aromatic N) is 6. The van der Waals surface area contributed by atoms with Gasteiger partial charge in [-0.2, -0.15) is 0 Å². The van der Waals surface area contributed by atoms with E-state index in [-0.39, 0.29) is 105 Å². The number of aryl methyl sites for hydroxylation is 1. The summed E-state index contributed by atoms with van der Waals surface area (Å²) < 4.78 is 101. The molecule has 0 unspecified atom stereocenters. The third kappa shape index (κ3) is 22.6. The molecule has 552 valence electrons. The van der Waals surface area contributed by atoms with Crippen LogP contribution >= 0.6 is 0 Å². The lowest BCUT2D eigenvalue weighted by molar-refractivity contribution is -0.143. The second-order valence-electron chi connectivity index (χ2n) is 26.7. The van der Waals surface area contributed by atoms with Crippen molar-refractivity contribution < 1.29 is 74.3 Å². The molecule has 2 aliphatic carbocycles. The van der Waals surface area contributed by atoms with Gasteiger partial charge in [0.25, 0.3) is 0 Å². The SMILES string of the molecule is CN[C@@H](C)C(=O)N[C@H](C(=O)N1C[C@@H](NC(=O)COCCOCCOCCOCCOCCOCCN2CCN(CCCOc3ccc(-c4cnc5cccc(-c6cc(F)c(CN7CCS(=O)(=O)CC7)c(F)c6)c5n4)cc3OC)CC2)C[C@H]1C(=O)N[C@@H]1CCCc2ccccc21)C1CCCCC1. The van der Waals surface area contributed by atoms with Crippen LogP contribution < -0.4 is 30.7 Å². The maximum absolute atomic E-state index is 15.6. The number of amides is 4. The molecular formula is C74H102F2N10O14S. The Morgan fingerprint density at radius 2 is 1.33 bits per heavy atom. The van der Waals surface area contributed by atoms with Crippen molar-refractivity contribution in [2.45, 2.75) is 108 Å². The largest absolute Gasteiger partial charge is 0.493 e. The first kappa shape index (κ1) is 76.7. The minimum absolute atomic E-state index is 0.0209. The Hall–Kier alpha value is -6.89. The number of nitrogens with one attached hydrogen (secondary N) is 4.